The highest BCUT2D eigenvalue weighted by molar-refractivity contribution is 5.85. The van der Waals surface area contributed by atoms with E-state index in [0.717, 1.165) is 44.6 Å². The number of halogens is 3. The summed E-state index contributed by atoms with van der Waals surface area (Å²) in [5, 5.41) is 3.17. The summed E-state index contributed by atoms with van der Waals surface area (Å²) < 4.78 is 31.4. The molecular weight excluding hydrogens is 338 g/mol. The summed E-state index contributed by atoms with van der Waals surface area (Å²) in [5.41, 5.74) is 0. The Morgan fingerprint density at radius 2 is 2.04 bits per heavy atom. The predicted molar refractivity (Wildman–Crippen MR) is 91.6 cm³/mol. The van der Waals surface area contributed by atoms with Crippen LogP contribution in [0.5, 0.6) is 5.75 Å². The van der Waals surface area contributed by atoms with Crippen LogP contribution in [0.4, 0.5) is 8.78 Å². The first-order valence-corrected chi connectivity index (χ1v) is 8.10. The lowest BCUT2D eigenvalue weighted by Gasteiger charge is -2.32. The van der Waals surface area contributed by atoms with Crippen molar-refractivity contribution in [2.75, 3.05) is 33.3 Å². The Morgan fingerprint density at radius 3 is 2.67 bits per heavy atom. The van der Waals surface area contributed by atoms with Crippen LogP contribution in [-0.2, 0) is 4.79 Å². The van der Waals surface area contributed by atoms with Crippen LogP contribution in [0.2, 0.25) is 0 Å². The van der Waals surface area contributed by atoms with E-state index in [0.29, 0.717) is 18.8 Å². The van der Waals surface area contributed by atoms with Gasteiger partial charge in [-0.2, -0.15) is 0 Å². The molecule has 2 rings (SSSR count). The van der Waals surface area contributed by atoms with Gasteiger partial charge in [0.15, 0.2) is 11.6 Å². The SMILES string of the molecule is CNCC1CCN(C(=O)CCCOc2ccc(F)cc2F)CC1.Cl. The first-order chi connectivity index (χ1) is 11.1. The highest BCUT2D eigenvalue weighted by Crippen LogP contribution is 2.19. The van der Waals surface area contributed by atoms with Gasteiger partial charge in [0.2, 0.25) is 5.91 Å². The summed E-state index contributed by atoms with van der Waals surface area (Å²) >= 11 is 0. The molecule has 0 saturated carbocycles. The van der Waals surface area contributed by atoms with E-state index in [1.807, 2.05) is 11.9 Å². The maximum Gasteiger partial charge on any atom is 0.222 e. The van der Waals surface area contributed by atoms with Crippen molar-refractivity contribution in [2.24, 2.45) is 5.92 Å². The fourth-order valence-electron chi connectivity index (χ4n) is 2.83. The van der Waals surface area contributed by atoms with Crippen molar-refractivity contribution in [2.45, 2.75) is 25.7 Å². The van der Waals surface area contributed by atoms with E-state index < -0.39 is 11.6 Å². The lowest BCUT2D eigenvalue weighted by Crippen LogP contribution is -2.40. The third-order valence-electron chi connectivity index (χ3n) is 4.15. The molecule has 1 heterocycles. The maximum absolute atomic E-state index is 13.4. The molecule has 0 spiro atoms. The van der Waals surface area contributed by atoms with Gasteiger partial charge < -0.3 is 15.0 Å². The third-order valence-corrected chi connectivity index (χ3v) is 4.15. The Morgan fingerprint density at radius 1 is 1.33 bits per heavy atom. The van der Waals surface area contributed by atoms with Gasteiger partial charge in [-0.15, -0.1) is 12.4 Å². The molecule has 0 bridgehead atoms. The van der Waals surface area contributed by atoms with Gasteiger partial charge in [0, 0.05) is 25.6 Å². The number of rotatable bonds is 7. The number of hydrogen-bond donors (Lipinski definition) is 1. The molecule has 1 aromatic carbocycles. The fraction of sp³-hybridized carbons (Fsp3) is 0.588. The zero-order valence-electron chi connectivity index (χ0n) is 13.9. The van der Waals surface area contributed by atoms with Gasteiger partial charge in [-0.3, -0.25) is 4.79 Å². The van der Waals surface area contributed by atoms with Gasteiger partial charge in [0.25, 0.3) is 0 Å². The Balaban J connectivity index is 0.00000288. The molecule has 1 aromatic rings. The predicted octanol–water partition coefficient (Wildman–Crippen LogP) is 3.00. The quantitative estimate of drug-likeness (QED) is 0.758. The topological polar surface area (TPSA) is 41.6 Å². The largest absolute Gasteiger partial charge is 0.491 e. The molecular formula is C17H25ClF2N2O2. The number of likely N-dealkylation sites (tertiary alicyclic amines) is 1. The molecule has 0 unspecified atom stereocenters. The smallest absolute Gasteiger partial charge is 0.222 e. The van der Waals surface area contributed by atoms with Crippen molar-refractivity contribution >= 4 is 18.3 Å². The van der Waals surface area contributed by atoms with Crippen LogP contribution >= 0.6 is 12.4 Å². The fourth-order valence-corrected chi connectivity index (χ4v) is 2.83. The number of benzene rings is 1. The molecule has 0 aromatic heterocycles. The van der Waals surface area contributed by atoms with Crippen LogP contribution in [0.3, 0.4) is 0 Å². The minimum atomic E-state index is -0.720. The van der Waals surface area contributed by atoms with E-state index in [1.165, 1.54) is 6.07 Å². The summed E-state index contributed by atoms with van der Waals surface area (Å²) in [6.45, 7) is 2.85. The zero-order chi connectivity index (χ0) is 16.7. The molecule has 4 nitrogen and oxygen atoms in total. The van der Waals surface area contributed by atoms with E-state index in [1.54, 1.807) is 0 Å². The number of ether oxygens (including phenoxy) is 1. The summed E-state index contributed by atoms with van der Waals surface area (Å²) in [6.07, 6.45) is 2.97. The van der Waals surface area contributed by atoms with Crippen molar-refractivity contribution in [3.8, 4) is 5.75 Å². The first-order valence-electron chi connectivity index (χ1n) is 8.10. The number of amides is 1. The molecule has 1 fully saturated rings. The molecule has 136 valence electrons. The monoisotopic (exact) mass is 362 g/mol. The van der Waals surface area contributed by atoms with Gasteiger partial charge in [-0.1, -0.05) is 0 Å². The van der Waals surface area contributed by atoms with Crippen molar-refractivity contribution in [1.29, 1.82) is 0 Å². The standard InChI is InChI=1S/C17H24F2N2O2.ClH/c1-20-12-13-6-8-21(9-7-13)17(22)3-2-10-23-16-5-4-14(18)11-15(16)19;/h4-5,11,13,20H,2-3,6-10,12H2,1H3;1H. The average Bonchev–Trinajstić information content (AvgIpc) is 2.54. The van der Waals surface area contributed by atoms with Gasteiger partial charge in [0.05, 0.1) is 6.61 Å². The van der Waals surface area contributed by atoms with Crippen molar-refractivity contribution in [3.63, 3.8) is 0 Å². The summed E-state index contributed by atoms with van der Waals surface area (Å²) in [6, 6.07) is 3.20. The molecule has 1 saturated heterocycles. The van der Waals surface area contributed by atoms with E-state index in [2.05, 4.69) is 5.32 Å². The Bertz CT molecular complexity index is 523. The molecule has 1 amide bonds. The Kier molecular flexibility index (Phi) is 9.00. The second-order valence-electron chi connectivity index (χ2n) is 5.91. The summed E-state index contributed by atoms with van der Waals surface area (Å²) in [5.74, 6) is -0.564. The third kappa shape index (κ3) is 6.24. The molecule has 7 heteroatoms. The van der Waals surface area contributed by atoms with E-state index in [4.69, 9.17) is 4.74 Å². The molecule has 1 aliphatic rings. The Hall–Kier alpha value is -1.40. The van der Waals surface area contributed by atoms with Gasteiger partial charge in [0.1, 0.15) is 5.82 Å². The van der Waals surface area contributed by atoms with Crippen LogP contribution in [0.1, 0.15) is 25.7 Å². The number of hydrogen-bond acceptors (Lipinski definition) is 3. The highest BCUT2D eigenvalue weighted by Gasteiger charge is 2.21. The van der Waals surface area contributed by atoms with E-state index in [9.17, 15) is 13.6 Å². The minimum absolute atomic E-state index is 0. The summed E-state index contributed by atoms with van der Waals surface area (Å²) in [4.78, 5) is 14.0. The van der Waals surface area contributed by atoms with Gasteiger partial charge in [-0.25, -0.2) is 8.78 Å². The number of carbonyl (C=O) groups excluding carboxylic acids is 1. The molecule has 0 radical (unpaired) electrons. The van der Waals surface area contributed by atoms with Crippen LogP contribution in [0.25, 0.3) is 0 Å². The highest BCUT2D eigenvalue weighted by atomic mass is 35.5. The van der Waals surface area contributed by atoms with Crippen molar-refractivity contribution in [3.05, 3.63) is 29.8 Å². The van der Waals surface area contributed by atoms with Crippen LogP contribution in [0, 0.1) is 17.6 Å². The number of nitrogens with zero attached hydrogens (tertiary/aromatic N) is 1. The van der Waals surface area contributed by atoms with Crippen LogP contribution in [-0.4, -0.2) is 44.1 Å². The average molecular weight is 363 g/mol. The second-order valence-corrected chi connectivity index (χ2v) is 5.91. The van der Waals surface area contributed by atoms with Crippen molar-refractivity contribution < 1.29 is 18.3 Å². The molecule has 1 aliphatic heterocycles. The summed E-state index contributed by atoms with van der Waals surface area (Å²) in [7, 11) is 1.95. The van der Waals surface area contributed by atoms with E-state index in [-0.39, 0.29) is 30.7 Å². The number of piperidine rings is 1. The van der Waals surface area contributed by atoms with Crippen molar-refractivity contribution in [1.82, 2.24) is 10.2 Å². The molecule has 0 atom stereocenters. The number of carbonyl (C=O) groups is 1. The maximum atomic E-state index is 13.4. The first kappa shape index (κ1) is 20.6. The van der Waals surface area contributed by atoms with Gasteiger partial charge >= 0.3 is 0 Å². The second kappa shape index (κ2) is 10.5. The lowest BCUT2D eigenvalue weighted by atomic mass is 9.96. The molecule has 24 heavy (non-hydrogen) atoms. The minimum Gasteiger partial charge on any atom is -0.491 e. The lowest BCUT2D eigenvalue weighted by molar-refractivity contribution is -0.132. The zero-order valence-corrected chi connectivity index (χ0v) is 14.7. The Labute approximate surface area is 148 Å². The van der Waals surface area contributed by atoms with Crippen LogP contribution < -0.4 is 10.1 Å². The normalized spacial score (nSPS) is 15.0. The van der Waals surface area contributed by atoms with E-state index >= 15 is 0 Å². The van der Waals surface area contributed by atoms with Crippen LogP contribution in [0.15, 0.2) is 18.2 Å². The van der Waals surface area contributed by atoms with Gasteiger partial charge in [-0.05, 0) is 50.9 Å². The molecule has 1 N–H and O–H groups in total. The number of nitrogens with one attached hydrogen (secondary N) is 1. The molecule has 0 aliphatic carbocycles.